The summed E-state index contributed by atoms with van der Waals surface area (Å²) in [4.78, 5) is 23.2. The summed E-state index contributed by atoms with van der Waals surface area (Å²) in [5.74, 6) is -0.976. The normalized spacial score (nSPS) is 11.8. The number of hydrogen-bond donors (Lipinski definition) is 0. The lowest BCUT2D eigenvalue weighted by molar-refractivity contribution is -0.136. The van der Waals surface area contributed by atoms with Crippen LogP contribution in [0.3, 0.4) is 0 Å². The van der Waals surface area contributed by atoms with Crippen LogP contribution < -0.4 is 4.31 Å². The molecule has 0 amide bonds. The van der Waals surface area contributed by atoms with E-state index in [1.54, 1.807) is 12.2 Å². The maximum absolute atomic E-state index is 11.9. The first-order valence-corrected chi connectivity index (χ1v) is 8.64. The van der Waals surface area contributed by atoms with Crippen molar-refractivity contribution in [2.75, 3.05) is 24.2 Å². The number of Topliss-reactive ketones (excluding diaryl/α,β-unsaturated/α-hetero) is 1. The third kappa shape index (κ3) is 6.07. The molecule has 0 N–H and O–H groups in total. The van der Waals surface area contributed by atoms with Gasteiger partial charge in [-0.1, -0.05) is 18.2 Å². The highest BCUT2D eigenvalue weighted by Gasteiger charge is 2.13. The molecule has 0 atom stereocenters. The summed E-state index contributed by atoms with van der Waals surface area (Å²) in [6.07, 6.45) is 7.25. The summed E-state index contributed by atoms with van der Waals surface area (Å²) in [5, 5.41) is 0. The number of benzene rings is 1. The Morgan fingerprint density at radius 1 is 1.17 bits per heavy atom. The van der Waals surface area contributed by atoms with Gasteiger partial charge in [-0.2, -0.15) is 0 Å². The first kappa shape index (κ1) is 18.6. The van der Waals surface area contributed by atoms with Gasteiger partial charge >= 0.3 is 5.97 Å². The zero-order valence-electron chi connectivity index (χ0n) is 13.2. The Morgan fingerprint density at radius 3 is 2.30 bits per heavy atom. The van der Waals surface area contributed by atoms with Crippen LogP contribution in [-0.4, -0.2) is 40.1 Å². The van der Waals surface area contributed by atoms with Gasteiger partial charge in [0, 0.05) is 18.7 Å². The minimum absolute atomic E-state index is 0.334. The van der Waals surface area contributed by atoms with Gasteiger partial charge in [-0.25, -0.2) is 13.2 Å². The van der Waals surface area contributed by atoms with Crippen LogP contribution in [0.1, 0.15) is 17.3 Å². The topological polar surface area (TPSA) is 80.8 Å². The number of hydrogen-bond acceptors (Lipinski definition) is 5. The van der Waals surface area contributed by atoms with Crippen LogP contribution in [0.15, 0.2) is 48.6 Å². The molecule has 0 radical (unpaired) electrons. The van der Waals surface area contributed by atoms with Gasteiger partial charge in [-0.3, -0.25) is 9.10 Å². The van der Waals surface area contributed by atoms with E-state index in [9.17, 15) is 18.0 Å². The van der Waals surface area contributed by atoms with E-state index in [0.717, 1.165) is 10.6 Å². The number of esters is 1. The molecule has 0 heterocycles. The predicted molar refractivity (Wildman–Crippen MR) is 88.9 cm³/mol. The quantitative estimate of drug-likeness (QED) is 0.329. The highest BCUT2D eigenvalue weighted by Crippen LogP contribution is 2.16. The van der Waals surface area contributed by atoms with Crippen LogP contribution >= 0.6 is 0 Å². The molecule has 1 aromatic rings. The van der Waals surface area contributed by atoms with Gasteiger partial charge in [0.1, 0.15) is 0 Å². The second kappa shape index (κ2) is 8.28. The number of sulfonamides is 1. The minimum Gasteiger partial charge on any atom is -0.454 e. The van der Waals surface area contributed by atoms with Gasteiger partial charge in [-0.05, 0) is 31.2 Å². The molecule has 1 aromatic carbocycles. The monoisotopic (exact) mass is 337 g/mol. The summed E-state index contributed by atoms with van der Waals surface area (Å²) >= 11 is 0. The maximum atomic E-state index is 11.9. The molecule has 0 saturated carbocycles. The second-order valence-corrected chi connectivity index (χ2v) is 6.71. The molecule has 0 fully saturated rings. The van der Waals surface area contributed by atoms with Crippen LogP contribution in [-0.2, 0) is 19.6 Å². The molecule has 6 nitrogen and oxygen atoms in total. The highest BCUT2D eigenvalue weighted by molar-refractivity contribution is 7.92. The molecule has 0 aliphatic rings. The third-order valence-corrected chi connectivity index (χ3v) is 4.14. The van der Waals surface area contributed by atoms with Crippen molar-refractivity contribution in [2.24, 2.45) is 0 Å². The molecule has 124 valence electrons. The number of carbonyl (C=O) groups excluding carboxylic acids is 2. The Bertz CT molecular complexity index is 717. The highest BCUT2D eigenvalue weighted by atomic mass is 32.2. The number of ether oxygens (including phenoxy) is 1. The summed E-state index contributed by atoms with van der Waals surface area (Å²) in [6.45, 7) is 1.43. The van der Waals surface area contributed by atoms with Gasteiger partial charge in [0.2, 0.25) is 10.0 Å². The van der Waals surface area contributed by atoms with E-state index in [0.29, 0.717) is 11.3 Å². The molecule has 0 saturated heterocycles. The van der Waals surface area contributed by atoms with Crippen LogP contribution in [0.25, 0.3) is 0 Å². The molecule has 7 heteroatoms. The smallest absolute Gasteiger partial charge is 0.331 e. The van der Waals surface area contributed by atoms with E-state index in [1.165, 1.54) is 43.5 Å². The lowest BCUT2D eigenvalue weighted by Crippen LogP contribution is -2.24. The van der Waals surface area contributed by atoms with Gasteiger partial charge in [-0.15, -0.1) is 0 Å². The summed E-state index contributed by atoms with van der Waals surface area (Å²) < 4.78 is 28.8. The average molecular weight is 337 g/mol. The first-order chi connectivity index (χ1) is 10.8. The van der Waals surface area contributed by atoms with Crippen LogP contribution in [0.4, 0.5) is 5.69 Å². The number of rotatable bonds is 7. The number of anilines is 1. The summed E-state index contributed by atoms with van der Waals surface area (Å²) in [7, 11) is -1.93. The molecule has 0 unspecified atom stereocenters. The molecule has 0 aliphatic heterocycles. The van der Waals surface area contributed by atoms with Gasteiger partial charge in [0.05, 0.1) is 11.9 Å². The first-order valence-electron chi connectivity index (χ1n) is 6.79. The van der Waals surface area contributed by atoms with E-state index in [4.69, 9.17) is 4.74 Å². The van der Waals surface area contributed by atoms with Crippen molar-refractivity contribution in [1.82, 2.24) is 0 Å². The molecule has 0 bridgehead atoms. The van der Waals surface area contributed by atoms with Gasteiger partial charge in [0.25, 0.3) is 0 Å². The van der Waals surface area contributed by atoms with E-state index < -0.39 is 16.0 Å². The minimum atomic E-state index is -3.36. The Labute approximate surface area is 136 Å². The molecular formula is C16H19NO5S. The Hall–Kier alpha value is -2.41. The zero-order chi connectivity index (χ0) is 17.5. The Balaban J connectivity index is 2.66. The van der Waals surface area contributed by atoms with Gasteiger partial charge in [0.15, 0.2) is 12.4 Å². The second-order valence-electron chi connectivity index (χ2n) is 4.69. The molecule has 0 aliphatic carbocycles. The lowest BCUT2D eigenvalue weighted by Gasteiger charge is -2.16. The SMILES string of the molecule is C/C=C/C=C/C(=O)OCC(=O)c1ccc(N(C)S(C)(=O)=O)cc1. The molecule has 0 aromatic heterocycles. The van der Waals surface area contributed by atoms with Crippen molar-refractivity contribution in [3.63, 3.8) is 0 Å². The van der Waals surface area contributed by atoms with Crippen molar-refractivity contribution in [3.8, 4) is 0 Å². The molecular weight excluding hydrogens is 318 g/mol. The fourth-order valence-corrected chi connectivity index (χ4v) is 2.07. The number of carbonyl (C=O) groups is 2. The van der Waals surface area contributed by atoms with E-state index in [2.05, 4.69) is 0 Å². The van der Waals surface area contributed by atoms with Crippen molar-refractivity contribution < 1.29 is 22.7 Å². The van der Waals surface area contributed by atoms with Gasteiger partial charge < -0.3 is 4.74 Å². The van der Waals surface area contributed by atoms with E-state index in [-0.39, 0.29) is 12.4 Å². The molecule has 0 spiro atoms. The Kier molecular flexibility index (Phi) is 6.71. The fourth-order valence-electron chi connectivity index (χ4n) is 1.56. The van der Waals surface area contributed by atoms with Crippen molar-refractivity contribution in [3.05, 3.63) is 54.1 Å². The third-order valence-electron chi connectivity index (χ3n) is 2.93. The van der Waals surface area contributed by atoms with Crippen molar-refractivity contribution in [1.29, 1.82) is 0 Å². The summed E-state index contributed by atoms with van der Waals surface area (Å²) in [5.41, 5.74) is 0.774. The zero-order valence-corrected chi connectivity index (χ0v) is 14.0. The number of allylic oxidation sites excluding steroid dienone is 3. The lowest BCUT2D eigenvalue weighted by atomic mass is 10.1. The van der Waals surface area contributed by atoms with E-state index in [1.807, 2.05) is 6.92 Å². The average Bonchev–Trinajstić information content (AvgIpc) is 2.51. The van der Waals surface area contributed by atoms with Crippen LogP contribution in [0.2, 0.25) is 0 Å². The van der Waals surface area contributed by atoms with Crippen LogP contribution in [0.5, 0.6) is 0 Å². The maximum Gasteiger partial charge on any atom is 0.331 e. The number of ketones is 1. The van der Waals surface area contributed by atoms with Crippen molar-refractivity contribution >= 4 is 27.5 Å². The largest absolute Gasteiger partial charge is 0.454 e. The molecule has 1 rings (SSSR count). The fraction of sp³-hybridized carbons (Fsp3) is 0.250. The Morgan fingerprint density at radius 2 is 1.78 bits per heavy atom. The predicted octanol–water partition coefficient (Wildman–Crippen LogP) is 1.94. The molecule has 23 heavy (non-hydrogen) atoms. The van der Waals surface area contributed by atoms with E-state index >= 15 is 0 Å². The van der Waals surface area contributed by atoms with Crippen LogP contribution in [0, 0.1) is 0 Å². The summed E-state index contributed by atoms with van der Waals surface area (Å²) in [6, 6.07) is 6.01. The standard InChI is InChI=1S/C16H19NO5S/c1-4-5-6-7-16(19)22-12-15(18)13-8-10-14(11-9-13)17(2)23(3,20)21/h4-11H,12H2,1-3H3/b5-4+,7-6+. The van der Waals surface area contributed by atoms with Crippen molar-refractivity contribution in [2.45, 2.75) is 6.92 Å². The number of nitrogens with zero attached hydrogens (tertiary/aromatic N) is 1.